The molecule has 0 saturated heterocycles. The van der Waals surface area contributed by atoms with Gasteiger partial charge in [0.2, 0.25) is 5.95 Å². The molecule has 13 heteroatoms. The Morgan fingerprint density at radius 1 is 1.05 bits per heavy atom. The van der Waals surface area contributed by atoms with Crippen molar-refractivity contribution >= 4 is 40.8 Å². The molecule has 0 bridgehead atoms. The number of rotatable bonds is 6. The van der Waals surface area contributed by atoms with Crippen LogP contribution in [0.25, 0.3) is 11.0 Å². The Morgan fingerprint density at radius 3 is 2.12 bits per heavy atom. The van der Waals surface area contributed by atoms with Gasteiger partial charge in [-0.05, 0) is 62.3 Å². The number of halogens is 1. The van der Waals surface area contributed by atoms with Crippen LogP contribution >= 0.6 is 11.6 Å². The third-order valence-electron chi connectivity index (χ3n) is 5.50. The van der Waals surface area contributed by atoms with E-state index in [0.717, 1.165) is 11.1 Å². The third kappa shape index (κ3) is 7.16. The molecular weight excluding hydrogens is 540 g/mol. The van der Waals surface area contributed by atoms with Crippen molar-refractivity contribution in [3.8, 4) is 5.75 Å². The highest BCUT2D eigenvalue weighted by Crippen LogP contribution is 2.31. The number of aromatic nitrogens is 5. The number of carbonyl (C=O) groups is 2. The van der Waals surface area contributed by atoms with E-state index in [-0.39, 0.29) is 29.7 Å². The molecule has 1 unspecified atom stereocenters. The monoisotopic (exact) mass is 576 g/mol. The minimum atomic E-state index is -1.03. The van der Waals surface area contributed by atoms with Crippen LogP contribution in [0, 0.1) is 13.8 Å². The number of pyridine rings is 1. The Bertz CT molecular complexity index is 1400. The van der Waals surface area contributed by atoms with Crippen LogP contribution in [0.5, 0.6) is 5.75 Å². The molecule has 0 aliphatic carbocycles. The normalized spacial score (nSPS) is 12.8. The predicted octanol–water partition coefficient (Wildman–Crippen LogP) is 5.15. The van der Waals surface area contributed by atoms with Crippen molar-refractivity contribution in [3.63, 3.8) is 0 Å². The molecule has 3 aromatic rings. The average Bonchev–Trinajstić information content (AvgIpc) is 3.10. The number of aliphatic hydroxyl groups excluding tert-OH is 1. The van der Waals surface area contributed by atoms with Gasteiger partial charge >= 0.3 is 12.2 Å². The zero-order valence-corrected chi connectivity index (χ0v) is 25.4. The van der Waals surface area contributed by atoms with Crippen molar-refractivity contribution < 1.29 is 28.9 Å². The summed E-state index contributed by atoms with van der Waals surface area (Å²) >= 11 is 6.63. The van der Waals surface area contributed by atoms with E-state index in [1.165, 1.54) is 4.68 Å². The quantitative estimate of drug-likeness (QED) is 0.391. The molecule has 0 saturated carbocycles. The summed E-state index contributed by atoms with van der Waals surface area (Å²) in [6, 6.07) is 0. The van der Waals surface area contributed by atoms with Gasteiger partial charge in [0.1, 0.15) is 22.1 Å². The number of amides is 2. The minimum absolute atomic E-state index is 0.0646. The van der Waals surface area contributed by atoms with Gasteiger partial charge in [-0.2, -0.15) is 15.1 Å². The molecular formula is C27H37ClN6O6. The van der Waals surface area contributed by atoms with E-state index in [4.69, 9.17) is 25.8 Å². The Hall–Kier alpha value is -3.51. The number of aryl methyl sites for hydroxylation is 1. The maximum absolute atomic E-state index is 13.2. The minimum Gasteiger partial charge on any atom is -0.496 e. The lowest BCUT2D eigenvalue weighted by atomic mass is 10.1. The molecule has 0 aromatic carbocycles. The second kappa shape index (κ2) is 11.5. The highest BCUT2D eigenvalue weighted by atomic mass is 35.5. The molecule has 2 amide bonds. The van der Waals surface area contributed by atoms with Crippen LogP contribution in [0.15, 0.2) is 6.20 Å². The van der Waals surface area contributed by atoms with Crippen LogP contribution in [-0.4, -0.2) is 66.4 Å². The van der Waals surface area contributed by atoms with Crippen LogP contribution in [0.1, 0.15) is 71.0 Å². The molecule has 1 atom stereocenters. The largest absolute Gasteiger partial charge is 0.496 e. The molecule has 40 heavy (non-hydrogen) atoms. The van der Waals surface area contributed by atoms with Crippen molar-refractivity contribution in [2.75, 3.05) is 12.0 Å². The van der Waals surface area contributed by atoms with Gasteiger partial charge in [0.25, 0.3) is 0 Å². The number of ether oxygens (including phenoxy) is 3. The van der Waals surface area contributed by atoms with Crippen LogP contribution in [0.4, 0.5) is 15.5 Å². The van der Waals surface area contributed by atoms with Crippen molar-refractivity contribution in [1.29, 1.82) is 0 Å². The summed E-state index contributed by atoms with van der Waals surface area (Å²) in [5, 5.41) is 15.1. The lowest BCUT2D eigenvalue weighted by Gasteiger charge is -2.27. The number of hydrogen-bond donors (Lipinski definition) is 1. The maximum Gasteiger partial charge on any atom is 0.427 e. The first-order valence-corrected chi connectivity index (χ1v) is 13.2. The van der Waals surface area contributed by atoms with Gasteiger partial charge in [0.15, 0.2) is 5.65 Å². The molecule has 3 rings (SSSR count). The second-order valence-corrected chi connectivity index (χ2v) is 11.9. The third-order valence-corrected chi connectivity index (χ3v) is 5.77. The van der Waals surface area contributed by atoms with Crippen molar-refractivity contribution in [2.45, 2.75) is 92.6 Å². The molecule has 0 spiro atoms. The zero-order chi connectivity index (χ0) is 30.2. The van der Waals surface area contributed by atoms with E-state index < -0.39 is 29.5 Å². The van der Waals surface area contributed by atoms with Crippen LogP contribution in [0.3, 0.4) is 0 Å². The predicted molar refractivity (Wildman–Crippen MR) is 150 cm³/mol. The van der Waals surface area contributed by atoms with Gasteiger partial charge < -0.3 is 19.3 Å². The standard InChI is InChI=1S/C27H37ClN6O6/c1-14-12-29-18(16(3)20(14)38-10)13-33-22-19(17(32-33)11-15(2)35)21(28)30-23(31-22)34(24(36)39-26(4,5)6)25(37)40-27(7,8)9/h12,15,35H,11,13H2,1-10H3. The van der Waals surface area contributed by atoms with Gasteiger partial charge in [-0.3, -0.25) is 4.98 Å². The van der Waals surface area contributed by atoms with E-state index in [1.54, 1.807) is 61.8 Å². The SMILES string of the molecule is COc1c(C)cnc(Cn2nc(CC(C)O)c3c(Cl)nc(N(C(=O)OC(C)(C)C)C(=O)OC(C)(C)C)nc32)c1C. The van der Waals surface area contributed by atoms with Crippen LogP contribution in [0.2, 0.25) is 5.15 Å². The van der Waals surface area contributed by atoms with Gasteiger partial charge in [-0.25, -0.2) is 14.3 Å². The first-order valence-electron chi connectivity index (χ1n) is 12.8. The first-order chi connectivity index (χ1) is 18.4. The van der Waals surface area contributed by atoms with E-state index in [2.05, 4.69) is 20.1 Å². The highest BCUT2D eigenvalue weighted by Gasteiger charge is 2.36. The molecule has 218 valence electrons. The second-order valence-electron chi connectivity index (χ2n) is 11.5. The fraction of sp³-hybridized carbons (Fsp3) is 0.556. The smallest absolute Gasteiger partial charge is 0.427 e. The summed E-state index contributed by atoms with van der Waals surface area (Å²) in [5.41, 5.74) is 1.16. The van der Waals surface area contributed by atoms with Gasteiger partial charge in [-0.1, -0.05) is 11.6 Å². The van der Waals surface area contributed by atoms with Crippen molar-refractivity contribution in [1.82, 2.24) is 24.7 Å². The molecule has 0 radical (unpaired) electrons. The molecule has 0 fully saturated rings. The molecule has 1 N–H and O–H groups in total. The van der Waals surface area contributed by atoms with E-state index in [1.807, 2.05) is 13.8 Å². The fourth-order valence-electron chi connectivity index (χ4n) is 3.95. The number of methoxy groups -OCH3 is 1. The van der Waals surface area contributed by atoms with Gasteiger partial charge in [-0.15, -0.1) is 4.90 Å². The van der Waals surface area contributed by atoms with Crippen LogP contribution in [-0.2, 0) is 22.4 Å². The summed E-state index contributed by atoms with van der Waals surface area (Å²) in [5.74, 6) is 0.344. The number of fused-ring (bicyclic) bond motifs is 1. The average molecular weight is 577 g/mol. The lowest BCUT2D eigenvalue weighted by molar-refractivity contribution is 0.0427. The van der Waals surface area contributed by atoms with Crippen molar-refractivity contribution in [2.24, 2.45) is 0 Å². The maximum atomic E-state index is 13.2. The summed E-state index contributed by atoms with van der Waals surface area (Å²) in [6.45, 7) is 15.5. The summed E-state index contributed by atoms with van der Waals surface area (Å²) in [7, 11) is 1.59. The van der Waals surface area contributed by atoms with E-state index in [9.17, 15) is 14.7 Å². The van der Waals surface area contributed by atoms with E-state index in [0.29, 0.717) is 27.4 Å². The topological polar surface area (TPSA) is 142 Å². The zero-order valence-electron chi connectivity index (χ0n) is 24.6. The fourth-order valence-corrected chi connectivity index (χ4v) is 4.22. The van der Waals surface area contributed by atoms with Gasteiger partial charge in [0, 0.05) is 23.7 Å². The first kappa shape index (κ1) is 31.0. The molecule has 3 heterocycles. The molecule has 0 aliphatic rings. The number of nitrogens with zero attached hydrogens (tertiary/aromatic N) is 6. The summed E-state index contributed by atoms with van der Waals surface area (Å²) < 4.78 is 18.0. The lowest BCUT2D eigenvalue weighted by Crippen LogP contribution is -2.44. The van der Waals surface area contributed by atoms with E-state index >= 15 is 0 Å². The summed E-state index contributed by atoms with van der Waals surface area (Å²) in [4.78, 5) is 40.4. The number of imide groups is 1. The Balaban J connectivity index is 2.24. The van der Waals surface area contributed by atoms with Crippen LogP contribution < -0.4 is 9.64 Å². The highest BCUT2D eigenvalue weighted by molar-refractivity contribution is 6.34. The van der Waals surface area contributed by atoms with Gasteiger partial charge in [0.05, 0.1) is 36.5 Å². The molecule has 3 aromatic heterocycles. The number of aliphatic hydroxyl groups is 1. The Kier molecular flexibility index (Phi) is 8.95. The Labute approximate surface area is 238 Å². The molecule has 12 nitrogen and oxygen atoms in total. The number of carbonyl (C=O) groups excluding carboxylic acids is 2. The summed E-state index contributed by atoms with van der Waals surface area (Å²) in [6.07, 6.45) is -0.940. The van der Waals surface area contributed by atoms with Crippen molar-refractivity contribution in [3.05, 3.63) is 33.9 Å². The Morgan fingerprint density at radius 2 is 1.62 bits per heavy atom. The number of hydrogen-bond acceptors (Lipinski definition) is 10. The molecule has 0 aliphatic heterocycles. The number of anilines is 1.